The van der Waals surface area contributed by atoms with Crippen molar-refractivity contribution in [3.05, 3.63) is 55.7 Å². The fourth-order valence-electron chi connectivity index (χ4n) is 3.40. The van der Waals surface area contributed by atoms with Crippen molar-refractivity contribution in [2.24, 2.45) is 11.1 Å². The molecule has 1 atom stereocenters. The van der Waals surface area contributed by atoms with Crippen molar-refractivity contribution >= 4 is 17.5 Å². The van der Waals surface area contributed by atoms with Gasteiger partial charge < -0.3 is 14.4 Å². The highest BCUT2D eigenvalue weighted by atomic mass is 35.5. The highest BCUT2D eigenvalue weighted by molar-refractivity contribution is 6.32. The number of ether oxygens (including phenoxy) is 1. The SMILES string of the molecule is CC(C)C1Cc2cc(OCCO)c(Cl)cc2-c2cc(=O)c(C(=O)N=O)cn21. The van der Waals surface area contributed by atoms with E-state index >= 15 is 0 Å². The smallest absolute Gasteiger partial charge is 0.322 e. The molecule has 8 heteroatoms. The number of nitroso groups, excluding NO2 is 1. The van der Waals surface area contributed by atoms with E-state index in [9.17, 15) is 14.5 Å². The minimum absolute atomic E-state index is 0.0295. The molecule has 0 spiro atoms. The Morgan fingerprint density at radius 1 is 1.41 bits per heavy atom. The average molecular weight is 391 g/mol. The second-order valence-corrected chi connectivity index (χ2v) is 7.17. The maximum absolute atomic E-state index is 12.4. The van der Waals surface area contributed by atoms with Crippen LogP contribution >= 0.6 is 11.6 Å². The lowest BCUT2D eigenvalue weighted by molar-refractivity contribution is 0.0998. The van der Waals surface area contributed by atoms with Crippen LogP contribution in [0.5, 0.6) is 5.75 Å². The van der Waals surface area contributed by atoms with E-state index in [0.29, 0.717) is 22.9 Å². The number of aliphatic hydroxyl groups is 1. The van der Waals surface area contributed by atoms with Crippen LogP contribution in [0.3, 0.4) is 0 Å². The molecule has 0 fully saturated rings. The Bertz CT molecular complexity index is 967. The molecular weight excluding hydrogens is 372 g/mol. The standard InChI is InChI=1S/C19H19ClN2O5/c1-10(2)15-5-11-6-18(27-4-3-23)14(20)7-12(11)16-8-17(24)13(9-22(15)16)19(25)21-26/h6-10,15,23H,3-5H2,1-2H3. The normalized spacial score (nSPS) is 15.2. The molecule has 1 N–H and O–H groups in total. The minimum Gasteiger partial charge on any atom is -0.490 e. The number of halogens is 1. The van der Waals surface area contributed by atoms with Crippen LogP contribution in [0.1, 0.15) is 35.8 Å². The molecule has 27 heavy (non-hydrogen) atoms. The first-order valence-corrected chi connectivity index (χ1v) is 8.95. The molecule has 1 aliphatic heterocycles. The number of nitrogens with zero attached hydrogens (tertiary/aromatic N) is 2. The number of benzene rings is 1. The number of fused-ring (bicyclic) bond motifs is 3. The van der Waals surface area contributed by atoms with Gasteiger partial charge in [-0.1, -0.05) is 25.4 Å². The predicted molar refractivity (Wildman–Crippen MR) is 101 cm³/mol. The van der Waals surface area contributed by atoms with Gasteiger partial charge in [-0.25, -0.2) is 0 Å². The number of carbonyl (C=O) groups is 1. The van der Waals surface area contributed by atoms with Crippen molar-refractivity contribution in [3.63, 3.8) is 0 Å². The van der Waals surface area contributed by atoms with Crippen LogP contribution in [0.15, 0.2) is 34.4 Å². The van der Waals surface area contributed by atoms with E-state index in [-0.39, 0.29) is 30.7 Å². The third-order valence-electron chi connectivity index (χ3n) is 4.73. The van der Waals surface area contributed by atoms with Crippen LogP contribution < -0.4 is 10.2 Å². The summed E-state index contributed by atoms with van der Waals surface area (Å²) in [5.41, 5.74) is 1.55. The summed E-state index contributed by atoms with van der Waals surface area (Å²) in [5, 5.41) is 11.7. The lowest BCUT2D eigenvalue weighted by atomic mass is 9.87. The molecule has 0 bridgehead atoms. The van der Waals surface area contributed by atoms with Gasteiger partial charge in [0, 0.05) is 29.0 Å². The molecule has 3 rings (SSSR count). The molecule has 1 amide bonds. The molecule has 0 saturated carbocycles. The van der Waals surface area contributed by atoms with Crippen molar-refractivity contribution in [1.29, 1.82) is 0 Å². The first kappa shape index (κ1) is 19.3. The summed E-state index contributed by atoms with van der Waals surface area (Å²) in [7, 11) is 0. The van der Waals surface area contributed by atoms with Gasteiger partial charge in [-0.15, -0.1) is 4.91 Å². The first-order chi connectivity index (χ1) is 12.9. The maximum Gasteiger partial charge on any atom is 0.322 e. The molecular formula is C19H19ClN2O5. The zero-order valence-corrected chi connectivity index (χ0v) is 15.7. The Kier molecular flexibility index (Phi) is 5.43. The van der Waals surface area contributed by atoms with Gasteiger partial charge in [0.2, 0.25) is 0 Å². The van der Waals surface area contributed by atoms with Crippen molar-refractivity contribution in [2.75, 3.05) is 13.2 Å². The monoisotopic (exact) mass is 390 g/mol. The van der Waals surface area contributed by atoms with Crippen LogP contribution in [0.25, 0.3) is 11.3 Å². The number of hydrogen-bond acceptors (Lipinski definition) is 5. The Hall–Kier alpha value is -2.51. The van der Waals surface area contributed by atoms with Crippen LogP contribution in [-0.4, -0.2) is 28.8 Å². The van der Waals surface area contributed by atoms with E-state index in [4.69, 9.17) is 21.4 Å². The summed E-state index contributed by atoms with van der Waals surface area (Å²) >= 11 is 6.30. The molecule has 7 nitrogen and oxygen atoms in total. The van der Waals surface area contributed by atoms with E-state index in [2.05, 4.69) is 5.18 Å². The molecule has 2 aromatic rings. The summed E-state index contributed by atoms with van der Waals surface area (Å²) in [6, 6.07) is 4.85. The Balaban J connectivity index is 2.21. The third kappa shape index (κ3) is 3.52. The Morgan fingerprint density at radius 2 is 2.15 bits per heavy atom. The summed E-state index contributed by atoms with van der Waals surface area (Å²) < 4.78 is 7.33. The van der Waals surface area contributed by atoms with Gasteiger partial charge in [0.15, 0.2) is 5.43 Å². The van der Waals surface area contributed by atoms with Crippen molar-refractivity contribution in [3.8, 4) is 17.0 Å². The third-order valence-corrected chi connectivity index (χ3v) is 5.03. The molecule has 2 heterocycles. The molecule has 142 valence electrons. The van der Waals surface area contributed by atoms with Crippen LogP contribution in [-0.2, 0) is 6.42 Å². The number of pyridine rings is 1. The number of aliphatic hydroxyl groups excluding tert-OH is 1. The van der Waals surface area contributed by atoms with Crippen LogP contribution in [0.4, 0.5) is 0 Å². The summed E-state index contributed by atoms with van der Waals surface area (Å²) in [4.78, 5) is 34.7. The predicted octanol–water partition coefficient (Wildman–Crippen LogP) is 3.20. The molecule has 0 radical (unpaired) electrons. The molecule has 1 aliphatic rings. The zero-order valence-electron chi connectivity index (χ0n) is 14.9. The summed E-state index contributed by atoms with van der Waals surface area (Å²) in [6.07, 6.45) is 2.05. The van der Waals surface area contributed by atoms with Gasteiger partial charge in [0.05, 0.1) is 17.3 Å². The molecule has 0 aliphatic carbocycles. The van der Waals surface area contributed by atoms with E-state index in [1.807, 2.05) is 24.5 Å². The second kappa shape index (κ2) is 7.62. The van der Waals surface area contributed by atoms with Gasteiger partial charge in [0.25, 0.3) is 0 Å². The van der Waals surface area contributed by atoms with Gasteiger partial charge in [-0.3, -0.25) is 9.59 Å². The largest absolute Gasteiger partial charge is 0.490 e. The minimum atomic E-state index is -1.07. The number of hydrogen-bond donors (Lipinski definition) is 1. The average Bonchev–Trinajstić information content (AvgIpc) is 2.64. The summed E-state index contributed by atoms with van der Waals surface area (Å²) in [6.45, 7) is 4.08. The lowest BCUT2D eigenvalue weighted by Gasteiger charge is -2.33. The lowest BCUT2D eigenvalue weighted by Crippen LogP contribution is -2.28. The van der Waals surface area contributed by atoms with Crippen LogP contribution in [0.2, 0.25) is 5.02 Å². The van der Waals surface area contributed by atoms with Gasteiger partial charge in [-0.2, -0.15) is 0 Å². The fraction of sp³-hybridized carbons (Fsp3) is 0.368. The van der Waals surface area contributed by atoms with Crippen molar-refractivity contribution in [1.82, 2.24) is 4.57 Å². The van der Waals surface area contributed by atoms with E-state index < -0.39 is 11.3 Å². The number of aromatic nitrogens is 1. The van der Waals surface area contributed by atoms with E-state index in [1.165, 1.54) is 12.3 Å². The summed E-state index contributed by atoms with van der Waals surface area (Å²) in [5.74, 6) is -0.404. The van der Waals surface area contributed by atoms with E-state index in [1.54, 1.807) is 6.07 Å². The highest BCUT2D eigenvalue weighted by Gasteiger charge is 2.29. The molecule has 1 aromatic carbocycles. The van der Waals surface area contributed by atoms with E-state index in [0.717, 1.165) is 11.1 Å². The fourth-order valence-corrected chi connectivity index (χ4v) is 3.62. The maximum atomic E-state index is 12.4. The highest BCUT2D eigenvalue weighted by Crippen LogP contribution is 2.41. The topological polar surface area (TPSA) is 98.0 Å². The number of carbonyl (C=O) groups excluding carboxylic acids is 1. The quantitative estimate of drug-likeness (QED) is 0.790. The second-order valence-electron chi connectivity index (χ2n) is 6.77. The molecule has 0 saturated heterocycles. The van der Waals surface area contributed by atoms with Crippen molar-refractivity contribution in [2.45, 2.75) is 26.3 Å². The van der Waals surface area contributed by atoms with Crippen molar-refractivity contribution < 1.29 is 14.6 Å². The van der Waals surface area contributed by atoms with Gasteiger partial charge >= 0.3 is 5.91 Å². The zero-order chi connectivity index (χ0) is 19.7. The molecule has 1 aromatic heterocycles. The van der Waals surface area contributed by atoms with Crippen LogP contribution in [0, 0.1) is 10.8 Å². The Labute approximate surface area is 160 Å². The molecule has 1 unspecified atom stereocenters. The van der Waals surface area contributed by atoms with Gasteiger partial charge in [-0.05, 0) is 30.0 Å². The number of amides is 1. The first-order valence-electron chi connectivity index (χ1n) is 8.57. The van der Waals surface area contributed by atoms with Gasteiger partial charge in [0.1, 0.15) is 17.9 Å². The number of rotatable bonds is 5. The Morgan fingerprint density at radius 3 is 2.78 bits per heavy atom.